The fourth-order valence-corrected chi connectivity index (χ4v) is 4.79. The van der Waals surface area contributed by atoms with Crippen LogP contribution in [0.3, 0.4) is 0 Å². The van der Waals surface area contributed by atoms with E-state index < -0.39 is 9.85 Å². The van der Waals surface area contributed by atoms with Crippen LogP contribution in [0.15, 0.2) is 76.1 Å². The molecule has 1 aromatic heterocycles. The highest BCUT2D eigenvalue weighted by atomic mass is 32.2. The summed E-state index contributed by atoms with van der Waals surface area (Å²) in [5, 5.41) is 24.3. The molecule has 1 heterocycles. The molecule has 3 aromatic carbocycles. The van der Waals surface area contributed by atoms with Crippen molar-refractivity contribution in [3.05, 3.63) is 92.5 Å². The van der Waals surface area contributed by atoms with Crippen molar-refractivity contribution < 1.29 is 14.6 Å². The predicted molar refractivity (Wildman–Crippen MR) is 132 cm³/mol. The van der Waals surface area contributed by atoms with Gasteiger partial charge in [0.25, 0.3) is 11.4 Å². The van der Waals surface area contributed by atoms with Gasteiger partial charge in [-0.15, -0.1) is 11.3 Å². The minimum atomic E-state index is -0.501. The Kier molecular flexibility index (Phi) is 6.90. The fraction of sp³-hybridized carbons (Fsp3) is 0.0455. The molecule has 34 heavy (non-hydrogen) atoms. The number of benzene rings is 3. The van der Waals surface area contributed by atoms with Crippen LogP contribution in [0.5, 0.6) is 0 Å². The molecule has 4 rings (SSSR count). The summed E-state index contributed by atoms with van der Waals surface area (Å²) in [5.74, 6) is -0.116. The van der Waals surface area contributed by atoms with Crippen LogP contribution < -0.4 is 5.32 Å². The molecule has 0 aliphatic carbocycles. The van der Waals surface area contributed by atoms with Gasteiger partial charge in [-0.25, -0.2) is 4.98 Å². The van der Waals surface area contributed by atoms with Crippen LogP contribution in [0.1, 0.15) is 5.56 Å². The van der Waals surface area contributed by atoms with Crippen molar-refractivity contribution in [1.29, 1.82) is 0 Å². The zero-order valence-corrected chi connectivity index (χ0v) is 18.9. The van der Waals surface area contributed by atoms with Crippen LogP contribution >= 0.6 is 23.1 Å². The maximum absolute atomic E-state index is 12.2. The Morgan fingerprint density at radius 3 is 2.53 bits per heavy atom. The number of carbonyl (C=O) groups excluding carboxylic acids is 1. The predicted octanol–water partition coefficient (Wildman–Crippen LogP) is 5.59. The Balaban J connectivity index is 1.38. The highest BCUT2D eigenvalue weighted by Crippen LogP contribution is 2.32. The molecule has 0 radical (unpaired) electrons. The van der Waals surface area contributed by atoms with Gasteiger partial charge in [-0.3, -0.25) is 30.0 Å². The molecule has 170 valence electrons. The molecule has 1 N–H and O–H groups in total. The number of hydrogen-bond acceptors (Lipinski definition) is 9. The number of thioether (sulfide) groups is 1. The average Bonchev–Trinajstić information content (AvgIpc) is 3.24. The number of carbonyl (C=O) groups is 1. The van der Waals surface area contributed by atoms with E-state index in [-0.39, 0.29) is 23.0 Å². The largest absolute Gasteiger partial charge is 0.325 e. The average molecular weight is 494 g/mol. The molecule has 0 saturated heterocycles. The second-order valence-electron chi connectivity index (χ2n) is 6.88. The normalized spacial score (nSPS) is 11.1. The summed E-state index contributed by atoms with van der Waals surface area (Å²) in [6.45, 7) is 0. The number of aliphatic imine (C=N–C) groups is 1. The number of non-ortho nitro benzene ring substituents is 2. The van der Waals surface area contributed by atoms with Gasteiger partial charge >= 0.3 is 0 Å². The monoisotopic (exact) mass is 493 g/mol. The number of nitrogens with zero attached hydrogens (tertiary/aromatic N) is 4. The lowest BCUT2D eigenvalue weighted by molar-refractivity contribution is -0.385. The van der Waals surface area contributed by atoms with E-state index >= 15 is 0 Å². The summed E-state index contributed by atoms with van der Waals surface area (Å²) in [6.07, 6.45) is 1.56. The number of thiazole rings is 1. The van der Waals surface area contributed by atoms with Crippen molar-refractivity contribution in [2.75, 3.05) is 11.1 Å². The fourth-order valence-electron chi connectivity index (χ4n) is 2.89. The second-order valence-corrected chi connectivity index (χ2v) is 9.14. The van der Waals surface area contributed by atoms with Crippen LogP contribution in [0.4, 0.5) is 22.7 Å². The summed E-state index contributed by atoms with van der Waals surface area (Å²) >= 11 is 2.71. The standard InChI is InChI=1S/C22H15N5O5S2/c28-21(24-15-4-7-17(8-5-15)26(29)30)13-33-22-25-19-9-6-16(11-20(19)34-22)23-12-14-2-1-3-18(10-14)27(31)32/h1-12H,13H2,(H,24,28). The van der Waals surface area contributed by atoms with Gasteiger partial charge in [-0.05, 0) is 35.9 Å². The smallest absolute Gasteiger partial charge is 0.270 e. The number of fused-ring (bicyclic) bond motifs is 1. The Bertz CT molecular complexity index is 1420. The Labute approximate surface area is 200 Å². The molecule has 12 heteroatoms. The molecule has 0 bridgehead atoms. The van der Waals surface area contributed by atoms with Crippen molar-refractivity contribution in [3.8, 4) is 0 Å². The topological polar surface area (TPSA) is 141 Å². The number of nitrogens with one attached hydrogen (secondary N) is 1. The molecule has 1 amide bonds. The van der Waals surface area contributed by atoms with Crippen LogP contribution in [0, 0.1) is 20.2 Å². The lowest BCUT2D eigenvalue weighted by atomic mass is 10.2. The quantitative estimate of drug-likeness (QED) is 0.146. The highest BCUT2D eigenvalue weighted by molar-refractivity contribution is 8.01. The number of nitro groups is 2. The van der Waals surface area contributed by atoms with Gasteiger partial charge in [0, 0.05) is 36.2 Å². The van der Waals surface area contributed by atoms with Gasteiger partial charge in [0.1, 0.15) is 0 Å². The van der Waals surface area contributed by atoms with Gasteiger partial charge in [0.05, 0.1) is 31.5 Å². The molecule has 0 spiro atoms. The lowest BCUT2D eigenvalue weighted by Gasteiger charge is -2.03. The minimum Gasteiger partial charge on any atom is -0.325 e. The third-order valence-electron chi connectivity index (χ3n) is 4.48. The molecular formula is C22H15N5O5S2. The molecule has 0 atom stereocenters. The third-order valence-corrected chi connectivity index (χ3v) is 6.65. The van der Waals surface area contributed by atoms with Gasteiger partial charge in [-0.2, -0.15) is 0 Å². The van der Waals surface area contributed by atoms with Crippen molar-refractivity contribution in [3.63, 3.8) is 0 Å². The van der Waals surface area contributed by atoms with Crippen LogP contribution in [0.2, 0.25) is 0 Å². The molecule has 4 aromatic rings. The van der Waals surface area contributed by atoms with E-state index in [0.29, 0.717) is 21.3 Å². The van der Waals surface area contributed by atoms with Gasteiger partial charge < -0.3 is 5.32 Å². The van der Waals surface area contributed by atoms with E-state index in [4.69, 9.17) is 0 Å². The molecule has 0 saturated carbocycles. The lowest BCUT2D eigenvalue weighted by Crippen LogP contribution is -2.13. The summed E-state index contributed by atoms with van der Waals surface area (Å²) in [7, 11) is 0. The highest BCUT2D eigenvalue weighted by Gasteiger charge is 2.10. The van der Waals surface area contributed by atoms with E-state index in [1.807, 2.05) is 12.1 Å². The number of rotatable bonds is 8. The van der Waals surface area contributed by atoms with Gasteiger partial charge in [0.2, 0.25) is 5.91 Å². The van der Waals surface area contributed by atoms with E-state index in [0.717, 1.165) is 10.2 Å². The number of hydrogen-bond donors (Lipinski definition) is 1. The summed E-state index contributed by atoms with van der Waals surface area (Å²) in [6, 6.07) is 17.3. The van der Waals surface area contributed by atoms with E-state index in [1.54, 1.807) is 24.4 Å². The van der Waals surface area contributed by atoms with Gasteiger partial charge in [-0.1, -0.05) is 23.9 Å². The Morgan fingerprint density at radius 2 is 1.79 bits per heavy atom. The first-order valence-corrected chi connectivity index (χ1v) is 11.5. The van der Waals surface area contributed by atoms with Crippen molar-refractivity contribution in [1.82, 2.24) is 4.98 Å². The maximum atomic E-state index is 12.2. The SMILES string of the molecule is O=C(CSc1nc2ccc(N=Cc3cccc([N+](=O)[O-])c3)cc2s1)Nc1ccc([N+](=O)[O-])cc1. The minimum absolute atomic E-state index is 0.00106. The first-order valence-electron chi connectivity index (χ1n) is 9.73. The first-order chi connectivity index (χ1) is 16.4. The number of anilines is 1. The van der Waals surface area contributed by atoms with Crippen molar-refractivity contribution in [2.45, 2.75) is 4.34 Å². The van der Waals surface area contributed by atoms with Crippen LogP contribution in [0.25, 0.3) is 10.2 Å². The first kappa shape index (κ1) is 23.0. The van der Waals surface area contributed by atoms with E-state index in [9.17, 15) is 25.0 Å². The summed E-state index contributed by atoms with van der Waals surface area (Å²) < 4.78 is 1.61. The second kappa shape index (κ2) is 10.2. The number of amides is 1. The number of aromatic nitrogens is 1. The molecule has 0 aliphatic rings. The number of nitro benzene ring substituents is 2. The van der Waals surface area contributed by atoms with E-state index in [1.165, 1.54) is 59.5 Å². The zero-order valence-electron chi connectivity index (χ0n) is 17.3. The molecule has 0 fully saturated rings. The van der Waals surface area contributed by atoms with Crippen LogP contribution in [-0.4, -0.2) is 32.7 Å². The van der Waals surface area contributed by atoms with Crippen molar-refractivity contribution >= 4 is 68.2 Å². The van der Waals surface area contributed by atoms with Crippen LogP contribution in [-0.2, 0) is 4.79 Å². The third kappa shape index (κ3) is 5.79. The molecule has 0 unspecified atom stereocenters. The maximum Gasteiger partial charge on any atom is 0.270 e. The zero-order chi connectivity index (χ0) is 24.1. The molecule has 0 aliphatic heterocycles. The summed E-state index contributed by atoms with van der Waals surface area (Å²) in [4.78, 5) is 41.8. The Morgan fingerprint density at radius 1 is 1.03 bits per heavy atom. The van der Waals surface area contributed by atoms with Gasteiger partial charge in [0.15, 0.2) is 4.34 Å². The van der Waals surface area contributed by atoms with E-state index in [2.05, 4.69) is 15.3 Å². The Hall–Kier alpha value is -4.16. The molecule has 10 nitrogen and oxygen atoms in total. The molecular weight excluding hydrogens is 478 g/mol. The van der Waals surface area contributed by atoms with Crippen molar-refractivity contribution in [2.24, 2.45) is 4.99 Å². The summed E-state index contributed by atoms with van der Waals surface area (Å²) in [5.41, 5.74) is 2.50.